The molecule has 2 aromatic carbocycles. The van der Waals surface area contributed by atoms with Gasteiger partial charge < -0.3 is 19.5 Å². The third-order valence-corrected chi connectivity index (χ3v) is 7.68. The van der Waals surface area contributed by atoms with E-state index in [0.29, 0.717) is 40.5 Å². The number of rotatable bonds is 11. The Labute approximate surface area is 220 Å². The van der Waals surface area contributed by atoms with Crippen LogP contribution in [0.4, 0.5) is 10.8 Å². The number of nitrogens with zero attached hydrogens (tertiary/aromatic N) is 2. The molecule has 0 unspecified atom stereocenters. The van der Waals surface area contributed by atoms with Gasteiger partial charge in [0.1, 0.15) is 17.2 Å². The van der Waals surface area contributed by atoms with Crippen LogP contribution in [0.15, 0.2) is 54.0 Å². The molecule has 2 aliphatic carbocycles. The van der Waals surface area contributed by atoms with Crippen LogP contribution in [0.25, 0.3) is 0 Å². The molecule has 37 heavy (non-hydrogen) atoms. The summed E-state index contributed by atoms with van der Waals surface area (Å²) in [7, 11) is 0. The number of carbonyl (C=O) groups is 2. The summed E-state index contributed by atoms with van der Waals surface area (Å²) in [4.78, 5) is 31.0. The summed E-state index contributed by atoms with van der Waals surface area (Å²) in [5.74, 6) is 1.80. The maximum atomic E-state index is 12.9. The molecule has 2 fully saturated rings. The number of nitrogens with one attached hydrogen (secondary N) is 1. The Kier molecular flexibility index (Phi) is 7.43. The smallest absolute Gasteiger partial charge is 0.257 e. The molecule has 9 heteroatoms. The molecule has 0 bridgehead atoms. The fraction of sp³-hybridized carbons (Fsp3) is 0.393. The molecule has 194 valence electrons. The third kappa shape index (κ3) is 6.29. The van der Waals surface area contributed by atoms with Crippen LogP contribution >= 0.6 is 11.3 Å². The minimum absolute atomic E-state index is 0.0217. The van der Waals surface area contributed by atoms with Crippen LogP contribution in [-0.4, -0.2) is 41.7 Å². The van der Waals surface area contributed by atoms with Crippen molar-refractivity contribution >= 4 is 34.0 Å². The van der Waals surface area contributed by atoms with Crippen molar-refractivity contribution in [1.82, 2.24) is 4.98 Å². The summed E-state index contributed by atoms with van der Waals surface area (Å²) in [6.45, 7) is 2.77. The molecule has 1 aromatic heterocycles. The van der Waals surface area contributed by atoms with E-state index in [9.17, 15) is 14.7 Å². The Morgan fingerprint density at radius 2 is 1.89 bits per heavy atom. The van der Waals surface area contributed by atoms with Gasteiger partial charge in [-0.3, -0.25) is 14.9 Å². The van der Waals surface area contributed by atoms with Gasteiger partial charge in [0.2, 0.25) is 5.91 Å². The van der Waals surface area contributed by atoms with Gasteiger partial charge in [-0.2, -0.15) is 0 Å². The van der Waals surface area contributed by atoms with Gasteiger partial charge in [-0.25, -0.2) is 4.98 Å². The van der Waals surface area contributed by atoms with E-state index in [1.807, 2.05) is 24.3 Å². The number of amides is 2. The number of ether oxygens (including phenoxy) is 2. The first-order valence-corrected chi connectivity index (χ1v) is 13.5. The van der Waals surface area contributed by atoms with E-state index < -0.39 is 0 Å². The predicted molar refractivity (Wildman–Crippen MR) is 143 cm³/mol. The fourth-order valence-corrected chi connectivity index (χ4v) is 4.89. The zero-order chi connectivity index (χ0) is 25.8. The van der Waals surface area contributed by atoms with Crippen molar-refractivity contribution in [2.75, 3.05) is 30.0 Å². The van der Waals surface area contributed by atoms with Crippen LogP contribution in [0, 0.1) is 11.3 Å². The average Bonchev–Trinajstić information content (AvgIpc) is 3.55. The van der Waals surface area contributed by atoms with Crippen molar-refractivity contribution in [3.05, 3.63) is 59.6 Å². The Morgan fingerprint density at radius 1 is 1.14 bits per heavy atom. The second-order valence-electron chi connectivity index (χ2n) is 9.95. The normalized spacial score (nSPS) is 15.9. The molecule has 2 amide bonds. The highest BCUT2D eigenvalue weighted by Gasteiger charge is 2.37. The van der Waals surface area contributed by atoms with E-state index in [1.165, 1.54) is 24.2 Å². The Morgan fingerprint density at radius 3 is 2.49 bits per heavy atom. The zero-order valence-corrected chi connectivity index (χ0v) is 21.6. The summed E-state index contributed by atoms with van der Waals surface area (Å²) in [6.07, 6.45) is 6.88. The van der Waals surface area contributed by atoms with Gasteiger partial charge in [-0.15, -0.1) is 11.3 Å². The molecule has 2 aliphatic rings. The second kappa shape index (κ2) is 10.9. The van der Waals surface area contributed by atoms with Gasteiger partial charge in [-0.1, -0.05) is 6.42 Å². The van der Waals surface area contributed by atoms with Crippen LogP contribution in [-0.2, 0) is 4.79 Å². The number of hydrogen-bond acceptors (Lipinski definition) is 7. The molecule has 0 saturated heterocycles. The first-order chi connectivity index (χ1) is 17.9. The fourth-order valence-electron chi connectivity index (χ4n) is 4.37. The third-order valence-electron chi connectivity index (χ3n) is 6.99. The molecule has 2 N–H and O–H groups in total. The molecule has 0 atom stereocenters. The number of thiazole rings is 1. The van der Waals surface area contributed by atoms with Crippen molar-refractivity contribution < 1.29 is 24.2 Å². The Hall–Kier alpha value is -3.43. The highest BCUT2D eigenvalue weighted by molar-refractivity contribution is 7.13. The highest BCUT2D eigenvalue weighted by Crippen LogP contribution is 2.41. The van der Waals surface area contributed by atoms with Crippen molar-refractivity contribution in [3.63, 3.8) is 0 Å². The number of carbonyl (C=O) groups excluding carboxylic acids is 2. The molecule has 1 heterocycles. The number of hydrogen-bond donors (Lipinski definition) is 2. The Bertz CT molecular complexity index is 1230. The molecular formula is C28H31N3O5S. The quantitative estimate of drug-likeness (QED) is 0.346. The van der Waals surface area contributed by atoms with Gasteiger partial charge >= 0.3 is 0 Å². The lowest BCUT2D eigenvalue weighted by Gasteiger charge is -2.39. The predicted octanol–water partition coefficient (Wildman–Crippen LogP) is 5.49. The minimum atomic E-state index is -0.321. The number of anilines is 2. The van der Waals surface area contributed by atoms with Crippen molar-refractivity contribution in [2.24, 2.45) is 11.3 Å². The lowest BCUT2D eigenvalue weighted by molar-refractivity contribution is -0.116. The van der Waals surface area contributed by atoms with Gasteiger partial charge in [0.05, 0.1) is 13.2 Å². The van der Waals surface area contributed by atoms with Crippen molar-refractivity contribution in [2.45, 2.75) is 39.0 Å². The van der Waals surface area contributed by atoms with E-state index in [-0.39, 0.29) is 23.8 Å². The van der Waals surface area contributed by atoms with E-state index in [0.717, 1.165) is 31.5 Å². The monoisotopic (exact) mass is 521 g/mol. The highest BCUT2D eigenvalue weighted by atomic mass is 32.1. The van der Waals surface area contributed by atoms with Crippen LogP contribution < -0.4 is 19.7 Å². The number of aliphatic hydroxyl groups excluding tert-OH is 1. The summed E-state index contributed by atoms with van der Waals surface area (Å²) >= 11 is 1.34. The van der Waals surface area contributed by atoms with E-state index >= 15 is 0 Å². The molecule has 8 nitrogen and oxygen atoms in total. The molecule has 3 aromatic rings. The first-order valence-electron chi connectivity index (χ1n) is 12.6. The standard InChI is InChI=1S/C28H31N3O5S/c1-19(33)31(16-20-3-4-20)22-5-7-23(8-6-22)36-25-14-21(26(34)30-27-29-11-12-37-27)13-24(15-25)35-18-28(17-32)9-2-10-28/h5-8,11-15,20,32H,2-4,9-10,16-18H2,1H3,(H,29,30,34). The van der Waals surface area contributed by atoms with Crippen LogP contribution in [0.2, 0.25) is 0 Å². The van der Waals surface area contributed by atoms with E-state index in [1.54, 1.807) is 41.6 Å². The molecule has 0 spiro atoms. The van der Waals surface area contributed by atoms with Gasteiger partial charge in [0.15, 0.2) is 5.13 Å². The van der Waals surface area contributed by atoms with Crippen LogP contribution in [0.5, 0.6) is 17.2 Å². The Balaban J connectivity index is 1.34. The largest absolute Gasteiger partial charge is 0.493 e. The summed E-state index contributed by atoms with van der Waals surface area (Å²) < 4.78 is 12.2. The maximum absolute atomic E-state index is 12.9. The zero-order valence-electron chi connectivity index (χ0n) is 20.8. The maximum Gasteiger partial charge on any atom is 0.257 e. The van der Waals surface area contributed by atoms with E-state index in [4.69, 9.17) is 9.47 Å². The van der Waals surface area contributed by atoms with Crippen molar-refractivity contribution in [1.29, 1.82) is 0 Å². The SMILES string of the molecule is CC(=O)N(CC1CC1)c1ccc(Oc2cc(OCC3(CO)CCC3)cc(C(=O)Nc3nccs3)c2)cc1. The molecule has 0 radical (unpaired) electrons. The van der Waals surface area contributed by atoms with Gasteiger partial charge in [-0.05, 0) is 68.0 Å². The van der Waals surface area contributed by atoms with Crippen molar-refractivity contribution in [3.8, 4) is 17.2 Å². The van der Waals surface area contributed by atoms with E-state index in [2.05, 4.69) is 10.3 Å². The number of aromatic nitrogens is 1. The molecule has 0 aliphatic heterocycles. The molecular weight excluding hydrogens is 490 g/mol. The average molecular weight is 522 g/mol. The van der Waals surface area contributed by atoms with Gasteiger partial charge in [0.25, 0.3) is 5.91 Å². The lowest BCUT2D eigenvalue weighted by atomic mass is 9.70. The summed E-state index contributed by atoms with van der Waals surface area (Å²) in [5.41, 5.74) is 0.985. The number of aliphatic hydroxyl groups is 1. The first kappa shape index (κ1) is 25.2. The van der Waals surface area contributed by atoms with Crippen LogP contribution in [0.3, 0.4) is 0 Å². The second-order valence-corrected chi connectivity index (χ2v) is 10.8. The van der Waals surface area contributed by atoms with Crippen LogP contribution in [0.1, 0.15) is 49.4 Å². The lowest BCUT2D eigenvalue weighted by Crippen LogP contribution is -2.39. The number of benzene rings is 2. The summed E-state index contributed by atoms with van der Waals surface area (Å²) in [6, 6.07) is 12.4. The summed E-state index contributed by atoms with van der Waals surface area (Å²) in [5, 5.41) is 14.9. The molecule has 5 rings (SSSR count). The molecule has 2 saturated carbocycles. The topological polar surface area (TPSA) is 101 Å². The van der Waals surface area contributed by atoms with Gasteiger partial charge in [0, 0.05) is 47.8 Å². The minimum Gasteiger partial charge on any atom is -0.493 e.